The Kier molecular flexibility index (Phi) is 3.90. The SMILES string of the molecule is CC(C)(C#N)CNC(=O)C1CCc2ccccc2C1. The van der Waals surface area contributed by atoms with Crippen molar-refractivity contribution >= 4 is 5.91 Å². The van der Waals surface area contributed by atoms with Crippen molar-refractivity contribution in [1.82, 2.24) is 5.32 Å². The zero-order valence-electron chi connectivity index (χ0n) is 11.6. The van der Waals surface area contributed by atoms with Crippen LogP contribution in [0.15, 0.2) is 24.3 Å². The van der Waals surface area contributed by atoms with Crippen LogP contribution in [0, 0.1) is 22.7 Å². The van der Waals surface area contributed by atoms with Gasteiger partial charge in [0.25, 0.3) is 0 Å². The minimum Gasteiger partial charge on any atom is -0.354 e. The summed E-state index contributed by atoms with van der Waals surface area (Å²) in [5, 5.41) is 11.9. The molecule has 0 saturated carbocycles. The van der Waals surface area contributed by atoms with Crippen LogP contribution in [0.1, 0.15) is 31.4 Å². The number of carbonyl (C=O) groups is 1. The second kappa shape index (κ2) is 5.44. The fourth-order valence-corrected chi connectivity index (χ4v) is 2.41. The van der Waals surface area contributed by atoms with Crippen LogP contribution in [0.2, 0.25) is 0 Å². The second-order valence-electron chi connectivity index (χ2n) is 5.92. The van der Waals surface area contributed by atoms with Crippen LogP contribution in [0.25, 0.3) is 0 Å². The van der Waals surface area contributed by atoms with E-state index in [9.17, 15) is 4.79 Å². The molecule has 1 aromatic carbocycles. The average molecular weight is 256 g/mol. The first-order valence-corrected chi connectivity index (χ1v) is 6.77. The van der Waals surface area contributed by atoms with Gasteiger partial charge in [-0.3, -0.25) is 4.79 Å². The summed E-state index contributed by atoms with van der Waals surface area (Å²) in [7, 11) is 0. The first-order chi connectivity index (χ1) is 9.02. The number of hydrogen-bond acceptors (Lipinski definition) is 2. The summed E-state index contributed by atoms with van der Waals surface area (Å²) in [6, 6.07) is 10.5. The number of hydrogen-bond donors (Lipinski definition) is 1. The van der Waals surface area contributed by atoms with Gasteiger partial charge in [0.2, 0.25) is 5.91 Å². The Balaban J connectivity index is 1.94. The van der Waals surface area contributed by atoms with Gasteiger partial charge in [-0.1, -0.05) is 24.3 Å². The first kappa shape index (κ1) is 13.6. The molecule has 1 unspecified atom stereocenters. The molecule has 1 aromatic rings. The topological polar surface area (TPSA) is 52.9 Å². The molecule has 1 amide bonds. The van der Waals surface area contributed by atoms with E-state index in [0.29, 0.717) is 6.54 Å². The Morgan fingerprint density at radius 2 is 2.11 bits per heavy atom. The minimum atomic E-state index is -0.498. The van der Waals surface area contributed by atoms with Crippen molar-refractivity contribution in [3.05, 3.63) is 35.4 Å². The number of nitrogens with one attached hydrogen (secondary N) is 1. The molecule has 1 aliphatic carbocycles. The molecule has 100 valence electrons. The van der Waals surface area contributed by atoms with E-state index in [1.165, 1.54) is 11.1 Å². The fourth-order valence-electron chi connectivity index (χ4n) is 2.41. The van der Waals surface area contributed by atoms with Gasteiger partial charge in [-0.05, 0) is 44.2 Å². The third kappa shape index (κ3) is 3.35. The Labute approximate surface area is 114 Å². The van der Waals surface area contributed by atoms with Crippen molar-refractivity contribution in [2.24, 2.45) is 11.3 Å². The molecule has 1 aliphatic rings. The molecule has 0 heterocycles. The average Bonchev–Trinajstić information content (AvgIpc) is 2.44. The number of carbonyl (C=O) groups excluding carboxylic acids is 1. The van der Waals surface area contributed by atoms with E-state index in [1.54, 1.807) is 0 Å². The van der Waals surface area contributed by atoms with Crippen LogP contribution in [0.4, 0.5) is 0 Å². The number of nitriles is 1. The molecule has 19 heavy (non-hydrogen) atoms. The Morgan fingerprint density at radius 1 is 1.42 bits per heavy atom. The summed E-state index contributed by atoms with van der Waals surface area (Å²) in [6.45, 7) is 4.09. The molecule has 0 bridgehead atoms. The Bertz CT molecular complexity index is 514. The van der Waals surface area contributed by atoms with Crippen LogP contribution < -0.4 is 5.32 Å². The highest BCUT2D eigenvalue weighted by molar-refractivity contribution is 5.79. The van der Waals surface area contributed by atoms with Crippen molar-refractivity contribution in [2.75, 3.05) is 6.54 Å². The van der Waals surface area contributed by atoms with Gasteiger partial charge < -0.3 is 5.32 Å². The highest BCUT2D eigenvalue weighted by Crippen LogP contribution is 2.25. The van der Waals surface area contributed by atoms with Gasteiger partial charge in [0.1, 0.15) is 0 Å². The van der Waals surface area contributed by atoms with Crippen LogP contribution in [-0.4, -0.2) is 12.5 Å². The Morgan fingerprint density at radius 3 is 2.79 bits per heavy atom. The summed E-state index contributed by atoms with van der Waals surface area (Å²) in [6.07, 6.45) is 2.68. The molecular weight excluding hydrogens is 236 g/mol. The van der Waals surface area contributed by atoms with Gasteiger partial charge in [-0.15, -0.1) is 0 Å². The van der Waals surface area contributed by atoms with E-state index in [0.717, 1.165) is 19.3 Å². The van der Waals surface area contributed by atoms with Gasteiger partial charge in [0.05, 0.1) is 11.5 Å². The van der Waals surface area contributed by atoms with Crippen LogP contribution >= 0.6 is 0 Å². The van der Waals surface area contributed by atoms with E-state index < -0.39 is 5.41 Å². The fraction of sp³-hybridized carbons (Fsp3) is 0.500. The lowest BCUT2D eigenvalue weighted by molar-refractivity contribution is -0.125. The number of nitrogens with zero attached hydrogens (tertiary/aromatic N) is 1. The molecule has 0 aliphatic heterocycles. The summed E-state index contributed by atoms with van der Waals surface area (Å²) in [4.78, 5) is 12.1. The summed E-state index contributed by atoms with van der Waals surface area (Å²) >= 11 is 0. The maximum Gasteiger partial charge on any atom is 0.223 e. The molecule has 0 aromatic heterocycles. The molecule has 0 spiro atoms. The zero-order chi connectivity index (χ0) is 13.9. The maximum atomic E-state index is 12.1. The van der Waals surface area contributed by atoms with Crippen molar-refractivity contribution in [1.29, 1.82) is 5.26 Å². The van der Waals surface area contributed by atoms with Gasteiger partial charge >= 0.3 is 0 Å². The molecule has 0 saturated heterocycles. The quantitative estimate of drug-likeness (QED) is 0.903. The largest absolute Gasteiger partial charge is 0.354 e. The second-order valence-corrected chi connectivity index (χ2v) is 5.92. The molecule has 2 rings (SSSR count). The monoisotopic (exact) mass is 256 g/mol. The molecule has 1 N–H and O–H groups in total. The predicted octanol–water partition coefficient (Wildman–Crippen LogP) is 2.46. The summed E-state index contributed by atoms with van der Waals surface area (Å²) in [5.41, 5.74) is 2.15. The molecule has 0 fully saturated rings. The predicted molar refractivity (Wildman–Crippen MR) is 74.4 cm³/mol. The van der Waals surface area contributed by atoms with Crippen LogP contribution in [0.3, 0.4) is 0 Å². The van der Waals surface area contributed by atoms with E-state index in [1.807, 2.05) is 19.9 Å². The van der Waals surface area contributed by atoms with E-state index >= 15 is 0 Å². The Hall–Kier alpha value is -1.82. The van der Waals surface area contributed by atoms with Gasteiger partial charge in [0, 0.05) is 12.5 Å². The first-order valence-electron chi connectivity index (χ1n) is 6.77. The van der Waals surface area contributed by atoms with Gasteiger partial charge in [0.15, 0.2) is 0 Å². The van der Waals surface area contributed by atoms with E-state index in [-0.39, 0.29) is 11.8 Å². The molecule has 3 nitrogen and oxygen atoms in total. The molecule has 0 radical (unpaired) electrons. The van der Waals surface area contributed by atoms with E-state index in [2.05, 4.69) is 29.6 Å². The smallest absolute Gasteiger partial charge is 0.223 e. The number of benzene rings is 1. The zero-order valence-corrected chi connectivity index (χ0v) is 11.6. The number of fused-ring (bicyclic) bond motifs is 1. The molecular formula is C16H20N2O. The lowest BCUT2D eigenvalue weighted by atomic mass is 9.83. The van der Waals surface area contributed by atoms with Crippen molar-refractivity contribution in [3.63, 3.8) is 0 Å². The summed E-state index contributed by atoms with van der Waals surface area (Å²) < 4.78 is 0. The molecule has 3 heteroatoms. The third-order valence-corrected chi connectivity index (χ3v) is 3.72. The highest BCUT2D eigenvalue weighted by atomic mass is 16.1. The van der Waals surface area contributed by atoms with Gasteiger partial charge in [-0.2, -0.15) is 5.26 Å². The van der Waals surface area contributed by atoms with Crippen molar-refractivity contribution < 1.29 is 4.79 Å². The standard InChI is InChI=1S/C16H20N2O/c1-16(2,10-17)11-18-15(19)14-8-7-12-5-3-4-6-13(12)9-14/h3-6,14H,7-9,11H2,1-2H3,(H,18,19). The van der Waals surface area contributed by atoms with E-state index in [4.69, 9.17) is 5.26 Å². The third-order valence-electron chi connectivity index (χ3n) is 3.72. The number of amides is 1. The van der Waals surface area contributed by atoms with Crippen LogP contribution in [-0.2, 0) is 17.6 Å². The van der Waals surface area contributed by atoms with Crippen molar-refractivity contribution in [2.45, 2.75) is 33.1 Å². The maximum absolute atomic E-state index is 12.1. The van der Waals surface area contributed by atoms with Gasteiger partial charge in [-0.25, -0.2) is 0 Å². The summed E-state index contributed by atoms with van der Waals surface area (Å²) in [5.74, 6) is 0.127. The van der Waals surface area contributed by atoms with Crippen LogP contribution in [0.5, 0.6) is 0 Å². The highest BCUT2D eigenvalue weighted by Gasteiger charge is 2.26. The number of rotatable bonds is 3. The molecule has 1 atom stereocenters. The normalized spacial score (nSPS) is 18.3. The lowest BCUT2D eigenvalue weighted by Gasteiger charge is -2.25. The minimum absolute atomic E-state index is 0.0457. The number of aryl methyl sites for hydroxylation is 1. The lowest BCUT2D eigenvalue weighted by Crippen LogP contribution is -2.39. The van der Waals surface area contributed by atoms with Crippen molar-refractivity contribution in [3.8, 4) is 6.07 Å².